The zero-order valence-corrected chi connectivity index (χ0v) is 22.0. The summed E-state index contributed by atoms with van der Waals surface area (Å²) in [6.07, 6.45) is 0. The first-order valence-electron chi connectivity index (χ1n) is 13.3. The van der Waals surface area contributed by atoms with Crippen molar-refractivity contribution in [1.82, 2.24) is 15.0 Å². The molecule has 0 unspecified atom stereocenters. The smallest absolute Gasteiger partial charge is 0.164 e. The molecule has 3 nitrogen and oxygen atoms in total. The summed E-state index contributed by atoms with van der Waals surface area (Å²) in [6.45, 7) is 4.64. The second-order valence-electron chi connectivity index (χ2n) is 10.5. The highest BCUT2D eigenvalue weighted by Gasteiger charge is 2.36. The molecule has 5 aromatic carbocycles. The van der Waals surface area contributed by atoms with E-state index in [1.54, 1.807) is 0 Å². The van der Waals surface area contributed by atoms with E-state index in [1.807, 2.05) is 60.7 Å². The zero-order chi connectivity index (χ0) is 26.4. The number of aromatic nitrogens is 3. The third-order valence-corrected chi connectivity index (χ3v) is 7.76. The van der Waals surface area contributed by atoms with Crippen molar-refractivity contribution in [3.8, 4) is 56.4 Å². The summed E-state index contributed by atoms with van der Waals surface area (Å²) >= 11 is 0. The van der Waals surface area contributed by atoms with Gasteiger partial charge in [0.15, 0.2) is 17.5 Å². The van der Waals surface area contributed by atoms with Gasteiger partial charge < -0.3 is 0 Å². The van der Waals surface area contributed by atoms with Crippen molar-refractivity contribution in [3.63, 3.8) is 0 Å². The number of hydrogen-bond acceptors (Lipinski definition) is 3. The molecule has 7 rings (SSSR count). The Kier molecular flexibility index (Phi) is 5.45. The van der Waals surface area contributed by atoms with Crippen LogP contribution in [-0.4, -0.2) is 15.0 Å². The van der Waals surface area contributed by atoms with Crippen molar-refractivity contribution in [2.45, 2.75) is 19.3 Å². The van der Waals surface area contributed by atoms with Crippen molar-refractivity contribution >= 4 is 0 Å². The van der Waals surface area contributed by atoms with Gasteiger partial charge in [-0.1, -0.05) is 141 Å². The quantitative estimate of drug-likeness (QED) is 0.242. The van der Waals surface area contributed by atoms with Crippen LogP contribution in [0, 0.1) is 0 Å². The Balaban J connectivity index is 1.33. The third kappa shape index (κ3) is 3.95. The van der Waals surface area contributed by atoms with Gasteiger partial charge in [0.2, 0.25) is 0 Å². The van der Waals surface area contributed by atoms with Gasteiger partial charge in [-0.3, -0.25) is 0 Å². The molecule has 6 aromatic rings. The molecule has 1 heterocycles. The van der Waals surface area contributed by atoms with Crippen LogP contribution in [0.1, 0.15) is 25.0 Å². The van der Waals surface area contributed by atoms with Gasteiger partial charge in [0.1, 0.15) is 0 Å². The third-order valence-electron chi connectivity index (χ3n) is 7.76. The van der Waals surface area contributed by atoms with Gasteiger partial charge in [0.25, 0.3) is 0 Å². The van der Waals surface area contributed by atoms with E-state index in [2.05, 4.69) is 80.6 Å². The molecule has 1 aliphatic carbocycles. The largest absolute Gasteiger partial charge is 0.208 e. The van der Waals surface area contributed by atoms with E-state index in [-0.39, 0.29) is 5.41 Å². The molecular formula is C36H27N3. The van der Waals surface area contributed by atoms with Crippen molar-refractivity contribution < 1.29 is 0 Å². The summed E-state index contributed by atoms with van der Waals surface area (Å²) in [7, 11) is 0. The molecule has 0 saturated heterocycles. The summed E-state index contributed by atoms with van der Waals surface area (Å²) in [5, 5.41) is 0. The molecule has 0 bridgehead atoms. The summed E-state index contributed by atoms with van der Waals surface area (Å²) in [5.74, 6) is 2.01. The molecule has 0 atom stereocenters. The normalized spacial score (nSPS) is 13.1. The number of nitrogens with zero attached hydrogens (tertiary/aromatic N) is 3. The van der Waals surface area contributed by atoms with Gasteiger partial charge in [-0.2, -0.15) is 0 Å². The van der Waals surface area contributed by atoms with E-state index in [0.29, 0.717) is 17.5 Å². The Bertz CT molecular complexity index is 1750. The van der Waals surface area contributed by atoms with Crippen LogP contribution in [0.2, 0.25) is 0 Å². The molecule has 0 spiro atoms. The van der Waals surface area contributed by atoms with Crippen LogP contribution >= 0.6 is 0 Å². The van der Waals surface area contributed by atoms with Crippen molar-refractivity contribution in [3.05, 3.63) is 139 Å². The lowest BCUT2D eigenvalue weighted by Crippen LogP contribution is -2.14. The second kappa shape index (κ2) is 9.14. The molecule has 0 saturated carbocycles. The maximum absolute atomic E-state index is 4.89. The molecule has 0 aliphatic heterocycles. The van der Waals surface area contributed by atoms with Gasteiger partial charge in [-0.25, -0.2) is 15.0 Å². The Morgan fingerprint density at radius 3 is 1.41 bits per heavy atom. The molecule has 39 heavy (non-hydrogen) atoms. The molecule has 1 aliphatic rings. The van der Waals surface area contributed by atoms with E-state index in [1.165, 1.54) is 33.4 Å². The molecule has 0 N–H and O–H groups in total. The number of benzene rings is 5. The zero-order valence-electron chi connectivity index (χ0n) is 22.0. The average Bonchev–Trinajstić information content (AvgIpc) is 3.24. The van der Waals surface area contributed by atoms with Gasteiger partial charge in [-0.15, -0.1) is 0 Å². The Hall–Kier alpha value is -4.89. The predicted octanol–water partition coefficient (Wildman–Crippen LogP) is 8.85. The first kappa shape index (κ1) is 23.2. The summed E-state index contributed by atoms with van der Waals surface area (Å²) < 4.78 is 0. The highest BCUT2D eigenvalue weighted by atomic mass is 15.0. The van der Waals surface area contributed by atoms with E-state index in [4.69, 9.17) is 15.0 Å². The average molecular weight is 502 g/mol. The Morgan fingerprint density at radius 2 is 0.821 bits per heavy atom. The predicted molar refractivity (Wildman–Crippen MR) is 159 cm³/mol. The minimum Gasteiger partial charge on any atom is -0.208 e. The van der Waals surface area contributed by atoms with Crippen LogP contribution in [-0.2, 0) is 5.41 Å². The minimum atomic E-state index is -0.0194. The topological polar surface area (TPSA) is 38.7 Å². The molecule has 0 radical (unpaired) electrons. The van der Waals surface area contributed by atoms with E-state index >= 15 is 0 Å². The molecule has 186 valence electrons. The number of hydrogen-bond donors (Lipinski definition) is 0. The molecule has 1 aromatic heterocycles. The summed E-state index contributed by atoms with van der Waals surface area (Å²) in [5.41, 5.74) is 10.7. The standard InChI is InChI=1S/C36H27N3/c1-36(2)30-18-10-9-16-29(30)32-28(17-11-19-31(32)36)24-20-22-27(23-21-24)35-38-33(25-12-5-3-6-13-25)37-34(39-35)26-14-7-4-8-15-26/h3-23H,1-2H3. The van der Waals surface area contributed by atoms with Crippen molar-refractivity contribution in [2.24, 2.45) is 0 Å². The Morgan fingerprint density at radius 1 is 0.385 bits per heavy atom. The van der Waals surface area contributed by atoms with Crippen molar-refractivity contribution in [2.75, 3.05) is 0 Å². The minimum absolute atomic E-state index is 0.0194. The molecular weight excluding hydrogens is 474 g/mol. The molecule has 0 fully saturated rings. The fourth-order valence-corrected chi connectivity index (χ4v) is 5.73. The number of rotatable bonds is 4. The fraction of sp³-hybridized carbons (Fsp3) is 0.0833. The first-order chi connectivity index (χ1) is 19.1. The molecule has 3 heteroatoms. The first-order valence-corrected chi connectivity index (χ1v) is 13.3. The van der Waals surface area contributed by atoms with Gasteiger partial charge in [0, 0.05) is 22.1 Å². The van der Waals surface area contributed by atoms with E-state index in [0.717, 1.165) is 16.7 Å². The SMILES string of the molecule is CC1(C)c2ccccc2-c2c(-c3ccc(-c4nc(-c5ccccc5)nc(-c5ccccc5)n4)cc3)cccc21. The van der Waals surface area contributed by atoms with E-state index in [9.17, 15) is 0 Å². The maximum atomic E-state index is 4.89. The highest BCUT2D eigenvalue weighted by molar-refractivity contribution is 5.92. The maximum Gasteiger partial charge on any atom is 0.164 e. The Labute approximate surface area is 228 Å². The van der Waals surface area contributed by atoms with Gasteiger partial charge in [0.05, 0.1) is 0 Å². The monoisotopic (exact) mass is 501 g/mol. The van der Waals surface area contributed by atoms with Gasteiger partial charge in [-0.05, 0) is 33.4 Å². The summed E-state index contributed by atoms with van der Waals surface area (Å²) in [6, 6.07) is 44.3. The second-order valence-corrected chi connectivity index (χ2v) is 10.5. The summed E-state index contributed by atoms with van der Waals surface area (Å²) in [4.78, 5) is 14.6. The van der Waals surface area contributed by atoms with Crippen LogP contribution in [0.4, 0.5) is 0 Å². The van der Waals surface area contributed by atoms with Crippen LogP contribution in [0.5, 0.6) is 0 Å². The van der Waals surface area contributed by atoms with Gasteiger partial charge >= 0.3 is 0 Å². The lowest BCUT2D eigenvalue weighted by atomic mass is 9.82. The van der Waals surface area contributed by atoms with Crippen LogP contribution in [0.15, 0.2) is 127 Å². The van der Waals surface area contributed by atoms with E-state index < -0.39 is 0 Å². The lowest BCUT2D eigenvalue weighted by Gasteiger charge is -2.21. The number of fused-ring (bicyclic) bond motifs is 3. The van der Waals surface area contributed by atoms with Crippen LogP contribution < -0.4 is 0 Å². The van der Waals surface area contributed by atoms with Crippen molar-refractivity contribution in [1.29, 1.82) is 0 Å². The highest BCUT2D eigenvalue weighted by Crippen LogP contribution is 2.51. The fourth-order valence-electron chi connectivity index (χ4n) is 5.73. The van der Waals surface area contributed by atoms with Crippen LogP contribution in [0.25, 0.3) is 56.4 Å². The lowest BCUT2D eigenvalue weighted by molar-refractivity contribution is 0.660. The van der Waals surface area contributed by atoms with Crippen LogP contribution in [0.3, 0.4) is 0 Å². The molecule has 0 amide bonds.